The number of rotatable bonds is 4. The van der Waals surface area contributed by atoms with Gasteiger partial charge in [0.25, 0.3) is 0 Å². The summed E-state index contributed by atoms with van der Waals surface area (Å²) in [5.41, 5.74) is 6.33. The Balaban J connectivity index is 2.35. The van der Waals surface area contributed by atoms with E-state index in [4.69, 9.17) is 10.9 Å². The minimum atomic E-state index is 0.0800. The summed E-state index contributed by atoms with van der Waals surface area (Å²) in [4.78, 5) is 2.20. The van der Waals surface area contributed by atoms with Crippen LogP contribution in [0.1, 0.15) is 38.2 Å². The van der Waals surface area contributed by atoms with E-state index >= 15 is 0 Å². The van der Waals surface area contributed by atoms with Crippen LogP contribution in [0.25, 0.3) is 0 Å². The number of hydrogen-bond acceptors (Lipinski definition) is 5. The molecule has 6 nitrogen and oxygen atoms in total. The highest BCUT2D eigenvalue weighted by atomic mass is 16.4. The van der Waals surface area contributed by atoms with Crippen LogP contribution in [0.4, 0.5) is 5.82 Å². The molecule has 0 atom stereocenters. The van der Waals surface area contributed by atoms with Gasteiger partial charge in [0, 0.05) is 12.6 Å². The lowest BCUT2D eigenvalue weighted by atomic mass is 10.1. The summed E-state index contributed by atoms with van der Waals surface area (Å²) in [5.74, 6) is 0.790. The molecule has 0 saturated heterocycles. The minimum Gasteiger partial charge on any atom is -0.409 e. The molecule has 0 aromatic carbocycles. The largest absolute Gasteiger partial charge is 0.409 e. The monoisotopic (exact) mass is 249 g/mol. The Morgan fingerprint density at radius 3 is 2.89 bits per heavy atom. The topological polar surface area (TPSA) is 87.6 Å². The van der Waals surface area contributed by atoms with Crippen LogP contribution in [0.15, 0.2) is 17.4 Å². The van der Waals surface area contributed by atoms with Crippen molar-refractivity contribution in [1.82, 2.24) is 10.2 Å². The molecular formula is C12H19N5O. The van der Waals surface area contributed by atoms with Crippen molar-refractivity contribution in [3.05, 3.63) is 17.8 Å². The first kappa shape index (κ1) is 12.6. The fourth-order valence-corrected chi connectivity index (χ4v) is 2.59. The van der Waals surface area contributed by atoms with Gasteiger partial charge in [0.1, 0.15) is 0 Å². The quantitative estimate of drug-likeness (QED) is 0.364. The second kappa shape index (κ2) is 5.66. The Labute approximate surface area is 106 Å². The molecule has 1 aromatic rings. The van der Waals surface area contributed by atoms with Gasteiger partial charge in [0.15, 0.2) is 11.7 Å². The maximum absolute atomic E-state index is 8.83. The van der Waals surface area contributed by atoms with Crippen molar-refractivity contribution in [2.45, 2.75) is 38.6 Å². The van der Waals surface area contributed by atoms with Crippen molar-refractivity contribution >= 4 is 11.7 Å². The molecular weight excluding hydrogens is 230 g/mol. The first-order chi connectivity index (χ1) is 8.77. The molecule has 0 aliphatic heterocycles. The molecule has 1 heterocycles. The molecule has 0 spiro atoms. The molecule has 3 N–H and O–H groups in total. The third kappa shape index (κ3) is 2.37. The zero-order chi connectivity index (χ0) is 13.0. The number of nitrogens with zero attached hydrogens (tertiary/aromatic N) is 4. The van der Waals surface area contributed by atoms with Gasteiger partial charge in [0.2, 0.25) is 0 Å². The van der Waals surface area contributed by atoms with Gasteiger partial charge < -0.3 is 15.8 Å². The van der Waals surface area contributed by atoms with E-state index in [9.17, 15) is 0 Å². The van der Waals surface area contributed by atoms with E-state index in [0.29, 0.717) is 17.4 Å². The van der Waals surface area contributed by atoms with Crippen molar-refractivity contribution in [1.29, 1.82) is 0 Å². The van der Waals surface area contributed by atoms with E-state index in [2.05, 4.69) is 27.2 Å². The summed E-state index contributed by atoms with van der Waals surface area (Å²) >= 11 is 0. The first-order valence-corrected chi connectivity index (χ1v) is 6.34. The lowest BCUT2D eigenvalue weighted by Gasteiger charge is -2.29. The van der Waals surface area contributed by atoms with E-state index in [1.54, 1.807) is 12.3 Å². The van der Waals surface area contributed by atoms with Crippen molar-refractivity contribution in [2.24, 2.45) is 10.9 Å². The molecule has 1 aromatic heterocycles. The van der Waals surface area contributed by atoms with Crippen molar-refractivity contribution in [3.8, 4) is 0 Å². The van der Waals surface area contributed by atoms with Crippen LogP contribution < -0.4 is 10.6 Å². The van der Waals surface area contributed by atoms with Crippen LogP contribution >= 0.6 is 0 Å². The van der Waals surface area contributed by atoms with Gasteiger partial charge in [-0.15, -0.1) is 5.10 Å². The van der Waals surface area contributed by atoms with Crippen LogP contribution in [0, 0.1) is 0 Å². The van der Waals surface area contributed by atoms with E-state index < -0.39 is 0 Å². The third-order valence-corrected chi connectivity index (χ3v) is 3.46. The van der Waals surface area contributed by atoms with Crippen LogP contribution in [-0.2, 0) is 0 Å². The molecule has 0 radical (unpaired) electrons. The molecule has 98 valence electrons. The lowest BCUT2D eigenvalue weighted by molar-refractivity contribution is 0.318. The van der Waals surface area contributed by atoms with E-state index in [1.165, 1.54) is 25.7 Å². The molecule has 1 saturated carbocycles. The highest BCUT2D eigenvalue weighted by molar-refractivity contribution is 6.01. The smallest absolute Gasteiger partial charge is 0.173 e. The number of anilines is 1. The van der Waals surface area contributed by atoms with E-state index in [0.717, 1.165) is 6.54 Å². The summed E-state index contributed by atoms with van der Waals surface area (Å²) in [6.07, 6.45) is 6.39. The first-order valence-electron chi connectivity index (χ1n) is 6.34. The average Bonchev–Trinajstić information content (AvgIpc) is 2.93. The molecule has 0 amide bonds. The fraction of sp³-hybridized carbons (Fsp3) is 0.583. The molecule has 6 heteroatoms. The second-order valence-corrected chi connectivity index (χ2v) is 4.48. The highest BCUT2D eigenvalue weighted by Gasteiger charge is 2.25. The Hall–Kier alpha value is -1.85. The van der Waals surface area contributed by atoms with Crippen LogP contribution in [0.3, 0.4) is 0 Å². The average molecular weight is 249 g/mol. The maximum atomic E-state index is 8.83. The predicted octanol–water partition coefficient (Wildman–Crippen LogP) is 1.34. The summed E-state index contributed by atoms with van der Waals surface area (Å²) in [6.45, 7) is 2.93. The van der Waals surface area contributed by atoms with Crippen molar-refractivity contribution in [3.63, 3.8) is 0 Å². The Kier molecular flexibility index (Phi) is 3.96. The van der Waals surface area contributed by atoms with Crippen molar-refractivity contribution in [2.75, 3.05) is 11.4 Å². The predicted molar refractivity (Wildman–Crippen MR) is 69.8 cm³/mol. The number of oxime groups is 1. The van der Waals surface area contributed by atoms with Gasteiger partial charge in [-0.1, -0.05) is 18.0 Å². The standard InChI is InChI=1S/C12H19N5O/c1-2-17(9-5-3-4-6-9)12-10(11(13)16-18)7-8-14-15-12/h7-9,18H,2-6H2,1H3,(H2,13,16). The number of nitrogens with two attached hydrogens (primary N) is 1. The summed E-state index contributed by atoms with van der Waals surface area (Å²) in [5, 5.41) is 20.0. The molecule has 1 fully saturated rings. The minimum absolute atomic E-state index is 0.0800. The number of aromatic nitrogens is 2. The SMILES string of the molecule is CCN(c1nnccc1/C(N)=N/O)C1CCCC1. The van der Waals surface area contributed by atoms with Gasteiger partial charge in [-0.2, -0.15) is 5.10 Å². The molecule has 18 heavy (non-hydrogen) atoms. The fourth-order valence-electron chi connectivity index (χ4n) is 2.59. The van der Waals surface area contributed by atoms with E-state index in [1.807, 2.05) is 0 Å². The molecule has 1 aliphatic carbocycles. The lowest BCUT2D eigenvalue weighted by Crippen LogP contribution is -2.35. The summed E-state index contributed by atoms with van der Waals surface area (Å²) in [6, 6.07) is 2.21. The van der Waals surface area contributed by atoms with E-state index in [-0.39, 0.29) is 5.84 Å². The third-order valence-electron chi connectivity index (χ3n) is 3.46. The van der Waals surface area contributed by atoms with Crippen LogP contribution in [0.2, 0.25) is 0 Å². The number of hydrogen-bond donors (Lipinski definition) is 2. The van der Waals surface area contributed by atoms with Crippen LogP contribution in [0.5, 0.6) is 0 Å². The molecule has 0 bridgehead atoms. The summed E-state index contributed by atoms with van der Waals surface area (Å²) in [7, 11) is 0. The van der Waals surface area contributed by atoms with Gasteiger partial charge >= 0.3 is 0 Å². The van der Waals surface area contributed by atoms with Crippen molar-refractivity contribution < 1.29 is 5.21 Å². The Morgan fingerprint density at radius 2 is 2.28 bits per heavy atom. The van der Waals surface area contributed by atoms with Crippen LogP contribution in [-0.4, -0.2) is 33.8 Å². The number of amidine groups is 1. The van der Waals surface area contributed by atoms with Gasteiger partial charge in [-0.3, -0.25) is 0 Å². The molecule has 2 rings (SSSR count). The normalized spacial score (nSPS) is 17.1. The Morgan fingerprint density at radius 1 is 1.56 bits per heavy atom. The Bertz CT molecular complexity index is 428. The zero-order valence-corrected chi connectivity index (χ0v) is 10.6. The summed E-state index contributed by atoms with van der Waals surface area (Å²) < 4.78 is 0. The maximum Gasteiger partial charge on any atom is 0.173 e. The molecule has 0 unspecified atom stereocenters. The van der Waals surface area contributed by atoms with Gasteiger partial charge in [0.05, 0.1) is 11.8 Å². The molecule has 1 aliphatic rings. The zero-order valence-electron chi connectivity index (χ0n) is 10.6. The highest BCUT2D eigenvalue weighted by Crippen LogP contribution is 2.28. The second-order valence-electron chi connectivity index (χ2n) is 4.48. The van der Waals surface area contributed by atoms with Gasteiger partial charge in [-0.05, 0) is 25.8 Å². The van der Waals surface area contributed by atoms with Gasteiger partial charge in [-0.25, -0.2) is 0 Å².